The van der Waals surface area contributed by atoms with Gasteiger partial charge in [0.25, 0.3) is 0 Å². The summed E-state index contributed by atoms with van der Waals surface area (Å²) in [6, 6.07) is 7.70. The summed E-state index contributed by atoms with van der Waals surface area (Å²) in [6.07, 6.45) is 5.14. The largest absolute Gasteiger partial charge is 0.460 e. The van der Waals surface area contributed by atoms with Crippen LogP contribution in [-0.4, -0.2) is 29.3 Å². The van der Waals surface area contributed by atoms with Crippen LogP contribution in [-0.2, 0) is 17.6 Å². The van der Waals surface area contributed by atoms with E-state index in [1.807, 2.05) is 24.3 Å². The van der Waals surface area contributed by atoms with Crippen molar-refractivity contribution in [2.75, 3.05) is 13.2 Å². The average Bonchev–Trinajstić information content (AvgIpc) is 2.75. The first-order valence-corrected chi connectivity index (χ1v) is 7.49. The number of ether oxygens (including phenoxy) is 1. The number of aliphatic hydroxyl groups is 1. The Morgan fingerprint density at radius 1 is 1.19 bits per heavy atom. The molecule has 0 atom stereocenters. The Morgan fingerprint density at radius 2 is 2.00 bits per heavy atom. The Bertz CT molecular complexity index is 666. The molecule has 1 aliphatic carbocycles. The molecule has 2 aromatic rings. The number of carbonyl (C=O) groups is 1. The molecule has 0 aliphatic heterocycles. The van der Waals surface area contributed by atoms with Gasteiger partial charge < -0.3 is 9.84 Å². The number of hydrogen-bond donors (Lipinski definition) is 1. The first kappa shape index (κ1) is 14.0. The molecule has 0 bridgehead atoms. The van der Waals surface area contributed by atoms with Gasteiger partial charge in [0.15, 0.2) is 0 Å². The molecule has 1 N–H and O–H groups in total. The van der Waals surface area contributed by atoms with Crippen molar-refractivity contribution in [3.8, 4) is 0 Å². The number of esters is 1. The zero-order valence-electron chi connectivity index (χ0n) is 12.0. The zero-order valence-corrected chi connectivity index (χ0v) is 12.0. The van der Waals surface area contributed by atoms with Crippen LogP contribution >= 0.6 is 0 Å². The lowest BCUT2D eigenvalue weighted by Crippen LogP contribution is -2.14. The predicted molar refractivity (Wildman–Crippen MR) is 80.4 cm³/mol. The van der Waals surface area contributed by atoms with Crippen LogP contribution in [0, 0.1) is 0 Å². The Labute approximate surface area is 123 Å². The summed E-state index contributed by atoms with van der Waals surface area (Å²) in [6.45, 7) is -0.124. The van der Waals surface area contributed by atoms with Crippen molar-refractivity contribution in [1.82, 2.24) is 4.98 Å². The van der Waals surface area contributed by atoms with E-state index in [1.165, 1.54) is 0 Å². The number of nitrogens with zero attached hydrogens (tertiary/aromatic N) is 1. The number of rotatable bonds is 3. The van der Waals surface area contributed by atoms with Crippen LogP contribution in [0.2, 0.25) is 0 Å². The van der Waals surface area contributed by atoms with E-state index in [-0.39, 0.29) is 19.2 Å². The van der Waals surface area contributed by atoms with Crippen LogP contribution < -0.4 is 0 Å². The van der Waals surface area contributed by atoms with Crippen LogP contribution in [0.4, 0.5) is 0 Å². The number of aromatic nitrogens is 1. The fourth-order valence-electron chi connectivity index (χ4n) is 2.99. The highest BCUT2D eigenvalue weighted by Crippen LogP contribution is 2.29. The minimum atomic E-state index is -0.346. The molecule has 0 radical (unpaired) electrons. The van der Waals surface area contributed by atoms with Gasteiger partial charge in [-0.15, -0.1) is 0 Å². The number of hydrogen-bond acceptors (Lipinski definition) is 4. The summed E-state index contributed by atoms with van der Waals surface area (Å²) in [4.78, 5) is 17.2. The number of benzene rings is 1. The summed E-state index contributed by atoms with van der Waals surface area (Å²) >= 11 is 0. The van der Waals surface area contributed by atoms with Gasteiger partial charge in [0, 0.05) is 11.1 Å². The molecule has 1 aromatic heterocycles. The van der Waals surface area contributed by atoms with Crippen molar-refractivity contribution in [3.63, 3.8) is 0 Å². The molecule has 0 fully saturated rings. The fourth-order valence-corrected chi connectivity index (χ4v) is 2.99. The number of carbonyl (C=O) groups excluding carboxylic acids is 1. The molecule has 1 heterocycles. The van der Waals surface area contributed by atoms with Crippen LogP contribution in [0.3, 0.4) is 0 Å². The first-order valence-electron chi connectivity index (χ1n) is 7.49. The molecule has 4 nitrogen and oxygen atoms in total. The maximum absolute atomic E-state index is 12.4. The van der Waals surface area contributed by atoms with E-state index >= 15 is 0 Å². The maximum Gasteiger partial charge on any atom is 0.339 e. The Balaban J connectivity index is 2.17. The molecular formula is C17H19NO3. The van der Waals surface area contributed by atoms with Gasteiger partial charge in [0.1, 0.15) is 6.61 Å². The van der Waals surface area contributed by atoms with E-state index in [2.05, 4.69) is 0 Å². The maximum atomic E-state index is 12.4. The SMILES string of the molecule is O=C(OCCO)c1c2c(nc3ccccc13)CCCCC2. The minimum absolute atomic E-state index is 0.0320. The molecule has 21 heavy (non-hydrogen) atoms. The van der Waals surface area contributed by atoms with Crippen molar-refractivity contribution in [1.29, 1.82) is 0 Å². The third-order valence-electron chi connectivity index (χ3n) is 3.95. The van der Waals surface area contributed by atoms with E-state index in [4.69, 9.17) is 14.8 Å². The quantitative estimate of drug-likeness (QED) is 0.695. The van der Waals surface area contributed by atoms with Gasteiger partial charge >= 0.3 is 5.97 Å². The van der Waals surface area contributed by atoms with E-state index < -0.39 is 0 Å². The van der Waals surface area contributed by atoms with Crippen molar-refractivity contribution < 1.29 is 14.6 Å². The number of fused-ring (bicyclic) bond motifs is 2. The summed E-state index contributed by atoms with van der Waals surface area (Å²) in [5.74, 6) is -0.346. The van der Waals surface area contributed by atoms with Crippen LogP contribution in [0.25, 0.3) is 10.9 Å². The Kier molecular flexibility index (Phi) is 4.15. The molecule has 110 valence electrons. The van der Waals surface area contributed by atoms with Crippen molar-refractivity contribution in [3.05, 3.63) is 41.1 Å². The van der Waals surface area contributed by atoms with Gasteiger partial charge in [-0.2, -0.15) is 0 Å². The van der Waals surface area contributed by atoms with Crippen LogP contribution in [0.1, 0.15) is 40.9 Å². The number of pyridine rings is 1. The highest BCUT2D eigenvalue weighted by atomic mass is 16.5. The first-order chi connectivity index (χ1) is 10.3. The summed E-state index contributed by atoms with van der Waals surface area (Å²) in [7, 11) is 0. The third-order valence-corrected chi connectivity index (χ3v) is 3.95. The number of aryl methyl sites for hydroxylation is 1. The number of aliphatic hydroxyl groups excluding tert-OH is 1. The Morgan fingerprint density at radius 3 is 2.86 bits per heavy atom. The normalized spacial score (nSPS) is 14.5. The molecule has 0 saturated heterocycles. The number of para-hydroxylation sites is 1. The second-order valence-corrected chi connectivity index (χ2v) is 5.35. The molecule has 3 rings (SSSR count). The second kappa shape index (κ2) is 6.22. The van der Waals surface area contributed by atoms with Crippen LogP contribution in [0.5, 0.6) is 0 Å². The lowest BCUT2D eigenvalue weighted by molar-refractivity contribution is 0.0434. The van der Waals surface area contributed by atoms with Crippen molar-refractivity contribution in [2.24, 2.45) is 0 Å². The summed E-state index contributed by atoms with van der Waals surface area (Å²) < 4.78 is 5.18. The molecular weight excluding hydrogens is 266 g/mol. The summed E-state index contributed by atoms with van der Waals surface area (Å²) in [5.41, 5.74) is 3.55. The minimum Gasteiger partial charge on any atom is -0.460 e. The molecule has 1 aliphatic rings. The van der Waals surface area contributed by atoms with E-state index in [0.717, 1.165) is 54.3 Å². The predicted octanol–water partition coefficient (Wildman–Crippen LogP) is 2.65. The van der Waals surface area contributed by atoms with Gasteiger partial charge in [-0.05, 0) is 37.3 Å². The lowest BCUT2D eigenvalue weighted by Gasteiger charge is -2.14. The third kappa shape index (κ3) is 2.76. The lowest BCUT2D eigenvalue weighted by atomic mass is 9.97. The van der Waals surface area contributed by atoms with E-state index in [0.29, 0.717) is 5.56 Å². The molecule has 4 heteroatoms. The fraction of sp³-hybridized carbons (Fsp3) is 0.412. The molecule has 0 saturated carbocycles. The van der Waals surface area contributed by atoms with Gasteiger partial charge in [0.05, 0.1) is 17.7 Å². The Hall–Kier alpha value is -1.94. The van der Waals surface area contributed by atoms with Crippen molar-refractivity contribution >= 4 is 16.9 Å². The molecule has 0 spiro atoms. The standard InChI is InChI=1S/C17H19NO3/c19-10-11-21-17(20)16-12-6-2-1-3-8-14(12)18-15-9-5-4-7-13(15)16/h4-5,7,9,19H,1-3,6,8,10-11H2. The molecule has 0 amide bonds. The average molecular weight is 285 g/mol. The topological polar surface area (TPSA) is 59.4 Å². The highest BCUT2D eigenvalue weighted by molar-refractivity contribution is 6.05. The van der Waals surface area contributed by atoms with Crippen LogP contribution in [0.15, 0.2) is 24.3 Å². The van der Waals surface area contributed by atoms with Gasteiger partial charge in [-0.3, -0.25) is 4.98 Å². The monoisotopic (exact) mass is 285 g/mol. The van der Waals surface area contributed by atoms with Gasteiger partial charge in [-0.1, -0.05) is 24.6 Å². The van der Waals surface area contributed by atoms with E-state index in [1.54, 1.807) is 0 Å². The molecule has 0 unspecified atom stereocenters. The second-order valence-electron chi connectivity index (χ2n) is 5.35. The highest BCUT2D eigenvalue weighted by Gasteiger charge is 2.22. The zero-order chi connectivity index (χ0) is 14.7. The van der Waals surface area contributed by atoms with Gasteiger partial charge in [-0.25, -0.2) is 4.79 Å². The molecule has 1 aromatic carbocycles. The van der Waals surface area contributed by atoms with Gasteiger partial charge in [0.2, 0.25) is 0 Å². The smallest absolute Gasteiger partial charge is 0.339 e. The van der Waals surface area contributed by atoms with E-state index in [9.17, 15) is 4.79 Å². The summed E-state index contributed by atoms with van der Waals surface area (Å²) in [5, 5.41) is 9.72. The van der Waals surface area contributed by atoms with Crippen molar-refractivity contribution in [2.45, 2.75) is 32.1 Å².